The molecule has 8 heteroatoms. The van der Waals surface area contributed by atoms with Crippen LogP contribution in [0.2, 0.25) is 10.0 Å². The Morgan fingerprint density at radius 1 is 1.03 bits per heavy atom. The molecule has 1 N–H and O–H groups in total. The molecule has 0 radical (unpaired) electrons. The molecule has 0 bridgehead atoms. The van der Waals surface area contributed by atoms with Crippen LogP contribution in [0.1, 0.15) is 17.2 Å². The number of nitrogens with zero attached hydrogens (tertiary/aromatic N) is 1. The van der Waals surface area contributed by atoms with Crippen LogP contribution in [0.4, 0.5) is 0 Å². The van der Waals surface area contributed by atoms with Gasteiger partial charge in [-0.15, -0.1) is 0 Å². The maximum Gasteiger partial charge on any atom is 0.224 e. The number of fused-ring (bicyclic) bond motifs is 1. The molecular formula is C22H24Cl2N2O4. The second-order valence-electron chi connectivity index (χ2n) is 7.30. The van der Waals surface area contributed by atoms with E-state index in [0.29, 0.717) is 54.5 Å². The van der Waals surface area contributed by atoms with Crippen LogP contribution in [0.15, 0.2) is 36.4 Å². The Bertz CT molecular complexity index is 885. The summed E-state index contributed by atoms with van der Waals surface area (Å²) in [6.07, 6.45) is 0.215. The van der Waals surface area contributed by atoms with Gasteiger partial charge in [0.1, 0.15) is 13.2 Å². The van der Waals surface area contributed by atoms with Crippen molar-refractivity contribution in [1.82, 2.24) is 10.2 Å². The number of halogens is 2. The zero-order valence-corrected chi connectivity index (χ0v) is 18.0. The molecule has 1 amide bonds. The molecular weight excluding hydrogens is 427 g/mol. The van der Waals surface area contributed by atoms with Crippen LogP contribution < -0.4 is 14.8 Å². The van der Waals surface area contributed by atoms with Gasteiger partial charge in [0.25, 0.3) is 0 Å². The number of carbonyl (C=O) groups excluding carboxylic acids is 1. The molecule has 2 heterocycles. The normalized spacial score (nSPS) is 17.4. The van der Waals surface area contributed by atoms with Crippen molar-refractivity contribution in [3.05, 3.63) is 57.6 Å². The van der Waals surface area contributed by atoms with Crippen LogP contribution in [0.25, 0.3) is 0 Å². The molecule has 1 atom stereocenters. The molecule has 1 unspecified atom stereocenters. The van der Waals surface area contributed by atoms with Gasteiger partial charge in [0, 0.05) is 24.7 Å². The number of morpholine rings is 1. The van der Waals surface area contributed by atoms with Gasteiger partial charge in [-0.1, -0.05) is 35.3 Å². The number of amides is 1. The van der Waals surface area contributed by atoms with Crippen molar-refractivity contribution >= 4 is 29.1 Å². The second kappa shape index (κ2) is 9.88. The fourth-order valence-corrected chi connectivity index (χ4v) is 4.17. The van der Waals surface area contributed by atoms with Crippen LogP contribution in [0.5, 0.6) is 11.5 Å². The van der Waals surface area contributed by atoms with Crippen LogP contribution >= 0.6 is 23.2 Å². The van der Waals surface area contributed by atoms with E-state index in [2.05, 4.69) is 10.2 Å². The zero-order chi connectivity index (χ0) is 20.9. The average molecular weight is 451 g/mol. The summed E-state index contributed by atoms with van der Waals surface area (Å²) >= 11 is 12.3. The molecule has 2 aromatic rings. The van der Waals surface area contributed by atoms with E-state index in [1.165, 1.54) is 0 Å². The van der Waals surface area contributed by atoms with Gasteiger partial charge in [-0.2, -0.15) is 0 Å². The van der Waals surface area contributed by atoms with E-state index in [1.54, 1.807) is 6.07 Å². The monoisotopic (exact) mass is 450 g/mol. The van der Waals surface area contributed by atoms with Crippen molar-refractivity contribution in [3.63, 3.8) is 0 Å². The largest absolute Gasteiger partial charge is 0.486 e. The summed E-state index contributed by atoms with van der Waals surface area (Å²) in [5, 5.41) is 4.23. The second-order valence-corrected chi connectivity index (χ2v) is 8.14. The summed E-state index contributed by atoms with van der Waals surface area (Å²) in [7, 11) is 0. The minimum Gasteiger partial charge on any atom is -0.486 e. The number of rotatable bonds is 6. The van der Waals surface area contributed by atoms with Gasteiger partial charge in [0.15, 0.2) is 11.5 Å². The number of hydrogen-bond acceptors (Lipinski definition) is 5. The van der Waals surface area contributed by atoms with E-state index in [-0.39, 0.29) is 18.4 Å². The van der Waals surface area contributed by atoms with Crippen molar-refractivity contribution < 1.29 is 19.0 Å². The zero-order valence-electron chi connectivity index (χ0n) is 16.5. The Morgan fingerprint density at radius 3 is 2.53 bits per heavy atom. The van der Waals surface area contributed by atoms with Gasteiger partial charge in [0.05, 0.1) is 30.7 Å². The van der Waals surface area contributed by atoms with Gasteiger partial charge < -0.3 is 19.5 Å². The lowest BCUT2D eigenvalue weighted by Crippen LogP contribution is -2.44. The van der Waals surface area contributed by atoms with Gasteiger partial charge in [-0.3, -0.25) is 9.69 Å². The average Bonchev–Trinajstić information content (AvgIpc) is 2.76. The summed E-state index contributed by atoms with van der Waals surface area (Å²) in [5.74, 6) is 1.06. The first kappa shape index (κ1) is 21.2. The maximum absolute atomic E-state index is 12.7. The highest BCUT2D eigenvalue weighted by Gasteiger charge is 2.24. The van der Waals surface area contributed by atoms with Gasteiger partial charge >= 0.3 is 0 Å². The smallest absolute Gasteiger partial charge is 0.224 e. The molecule has 1 saturated heterocycles. The highest BCUT2D eigenvalue weighted by Crippen LogP contribution is 2.38. The van der Waals surface area contributed by atoms with Crippen molar-refractivity contribution in [1.29, 1.82) is 0 Å². The first-order valence-electron chi connectivity index (χ1n) is 10.0. The van der Waals surface area contributed by atoms with E-state index in [0.717, 1.165) is 24.2 Å². The van der Waals surface area contributed by atoms with Gasteiger partial charge in [0.2, 0.25) is 5.91 Å². The summed E-state index contributed by atoms with van der Waals surface area (Å²) in [6.45, 7) is 4.46. The molecule has 2 aliphatic heterocycles. The lowest BCUT2D eigenvalue weighted by atomic mass is 10.0. The fraction of sp³-hybridized carbons (Fsp3) is 0.409. The standard InChI is InChI=1S/C22H24Cl2N2O4/c23-17-3-1-16(2-4-17)19(26-5-7-28-8-6-26)14-25-21(27)13-15-11-18(24)22-20(12-15)29-9-10-30-22/h1-4,11-12,19H,5-10,13-14H2,(H,25,27). The van der Waals surface area contributed by atoms with E-state index in [9.17, 15) is 4.79 Å². The molecule has 0 spiro atoms. The Labute approximate surface area is 186 Å². The summed E-state index contributed by atoms with van der Waals surface area (Å²) in [4.78, 5) is 15.0. The molecule has 160 valence electrons. The van der Waals surface area contributed by atoms with Gasteiger partial charge in [-0.05, 0) is 35.4 Å². The number of nitrogens with one attached hydrogen (secondary N) is 1. The van der Waals surface area contributed by atoms with Crippen LogP contribution in [-0.2, 0) is 16.0 Å². The first-order valence-corrected chi connectivity index (χ1v) is 10.8. The Morgan fingerprint density at radius 2 is 1.77 bits per heavy atom. The van der Waals surface area contributed by atoms with E-state index < -0.39 is 0 Å². The number of benzene rings is 2. The van der Waals surface area contributed by atoms with Crippen LogP contribution in [-0.4, -0.2) is 56.9 Å². The number of carbonyl (C=O) groups is 1. The number of hydrogen-bond donors (Lipinski definition) is 1. The molecule has 6 nitrogen and oxygen atoms in total. The minimum atomic E-state index is -0.0741. The predicted octanol–water partition coefficient (Wildman–Crippen LogP) is 3.50. The summed E-state index contributed by atoms with van der Waals surface area (Å²) in [6, 6.07) is 11.4. The third kappa shape index (κ3) is 5.19. The molecule has 30 heavy (non-hydrogen) atoms. The van der Waals surface area contributed by atoms with Crippen LogP contribution in [0.3, 0.4) is 0 Å². The Kier molecular flexibility index (Phi) is 7.00. The molecule has 1 fully saturated rings. The first-order chi connectivity index (χ1) is 14.6. The molecule has 4 rings (SSSR count). The maximum atomic E-state index is 12.7. The van der Waals surface area contributed by atoms with Gasteiger partial charge in [-0.25, -0.2) is 0 Å². The third-order valence-electron chi connectivity index (χ3n) is 5.26. The van der Waals surface area contributed by atoms with Crippen molar-refractivity contribution in [2.45, 2.75) is 12.5 Å². The lowest BCUT2D eigenvalue weighted by molar-refractivity contribution is -0.120. The van der Waals surface area contributed by atoms with Crippen molar-refractivity contribution in [2.24, 2.45) is 0 Å². The summed E-state index contributed by atoms with van der Waals surface area (Å²) in [5.41, 5.74) is 1.90. The molecule has 2 aromatic carbocycles. The van der Waals surface area contributed by atoms with E-state index in [4.69, 9.17) is 37.4 Å². The highest BCUT2D eigenvalue weighted by molar-refractivity contribution is 6.32. The Balaban J connectivity index is 1.42. The predicted molar refractivity (Wildman–Crippen MR) is 116 cm³/mol. The SMILES string of the molecule is O=C(Cc1cc(Cl)c2c(c1)OCCO2)NCC(c1ccc(Cl)cc1)N1CCOCC1. The van der Waals surface area contributed by atoms with E-state index >= 15 is 0 Å². The van der Waals surface area contributed by atoms with Crippen LogP contribution in [0, 0.1) is 0 Å². The fourth-order valence-electron chi connectivity index (χ4n) is 3.76. The Hall–Kier alpha value is -1.99. The molecule has 0 aliphatic carbocycles. The number of ether oxygens (including phenoxy) is 3. The minimum absolute atomic E-state index is 0.0546. The van der Waals surface area contributed by atoms with Crippen molar-refractivity contribution in [2.75, 3.05) is 46.1 Å². The molecule has 2 aliphatic rings. The molecule has 0 aromatic heterocycles. The quantitative estimate of drug-likeness (QED) is 0.729. The molecule has 0 saturated carbocycles. The summed E-state index contributed by atoms with van der Waals surface area (Å²) < 4.78 is 16.6. The lowest BCUT2D eigenvalue weighted by Gasteiger charge is -2.35. The topological polar surface area (TPSA) is 60.0 Å². The highest BCUT2D eigenvalue weighted by atomic mass is 35.5. The van der Waals surface area contributed by atoms with E-state index in [1.807, 2.05) is 30.3 Å². The van der Waals surface area contributed by atoms with Crippen molar-refractivity contribution in [3.8, 4) is 11.5 Å². The third-order valence-corrected chi connectivity index (χ3v) is 5.79.